The Kier molecular flexibility index (Phi) is 6.49. The summed E-state index contributed by atoms with van der Waals surface area (Å²) in [5.74, 6) is -1.13. The van der Waals surface area contributed by atoms with Crippen molar-refractivity contribution < 1.29 is 30.8 Å². The molecule has 3 aromatic carbocycles. The van der Waals surface area contributed by atoms with Gasteiger partial charge in [0.1, 0.15) is 22.7 Å². The van der Waals surface area contributed by atoms with Crippen LogP contribution in [0.25, 0.3) is 56.0 Å². The second-order valence-electron chi connectivity index (χ2n) is 9.56. The van der Waals surface area contributed by atoms with Crippen molar-refractivity contribution in [1.82, 2.24) is 15.3 Å². The molecule has 0 spiro atoms. The maximum absolute atomic E-state index is 14.3. The fourth-order valence-corrected chi connectivity index (χ4v) is 5.21. The van der Waals surface area contributed by atoms with E-state index in [0.29, 0.717) is 27.6 Å². The van der Waals surface area contributed by atoms with Crippen LogP contribution < -0.4 is 9.62 Å². The summed E-state index contributed by atoms with van der Waals surface area (Å²) in [5, 5.41) is 3.00. The molecule has 9 nitrogen and oxygen atoms in total. The summed E-state index contributed by atoms with van der Waals surface area (Å²) in [6.07, 6.45) is 4.07. The zero-order valence-corrected chi connectivity index (χ0v) is 23.3. The molecule has 3 heterocycles. The van der Waals surface area contributed by atoms with E-state index >= 15 is 0 Å². The highest BCUT2D eigenvalue weighted by molar-refractivity contribution is 7.92. The maximum atomic E-state index is 14.3. The Hall–Kier alpha value is -5.10. The highest BCUT2D eigenvalue weighted by Gasteiger charge is 2.26. The number of carbonyl (C=O) groups is 1. The number of aromatic nitrogens is 2. The fraction of sp³-hybridized carbons (Fsp3) is 0.100. The zero-order chi connectivity index (χ0) is 29.8. The van der Waals surface area contributed by atoms with Crippen LogP contribution >= 0.6 is 0 Å². The van der Waals surface area contributed by atoms with Gasteiger partial charge >= 0.3 is 0 Å². The summed E-state index contributed by atoms with van der Waals surface area (Å²) in [6, 6.07) is 14.7. The predicted octanol–water partition coefficient (Wildman–Crippen LogP) is 6.00. The second kappa shape index (κ2) is 10.1. The van der Waals surface area contributed by atoms with Gasteiger partial charge in [-0.1, -0.05) is 6.07 Å². The van der Waals surface area contributed by atoms with E-state index < -0.39 is 27.6 Å². The molecule has 12 heteroatoms. The van der Waals surface area contributed by atoms with Crippen LogP contribution in [0.2, 0.25) is 0 Å². The van der Waals surface area contributed by atoms with Crippen molar-refractivity contribution in [1.29, 1.82) is 0 Å². The van der Waals surface area contributed by atoms with Crippen LogP contribution in [-0.2, 0) is 10.0 Å². The smallest absolute Gasteiger partial charge is 0.255 e. The minimum Gasteiger partial charge on any atom is -0.455 e. The SMILES string of the molecule is CNC(=O)c1c(-c2ccc(F)cc2)oc2cc(N(C)S(C)(=O)=O)c(-c3cncc(-c4nc5c(F)cccc5o4)c3)cc12. The number of hydrogen-bond acceptors (Lipinski definition) is 7. The second-order valence-corrected chi connectivity index (χ2v) is 11.6. The van der Waals surface area contributed by atoms with E-state index in [0.717, 1.165) is 10.6 Å². The number of benzene rings is 3. The summed E-state index contributed by atoms with van der Waals surface area (Å²) < 4.78 is 66.2. The molecule has 42 heavy (non-hydrogen) atoms. The molecular weight excluding hydrogens is 566 g/mol. The Morgan fingerprint density at radius 3 is 2.36 bits per heavy atom. The van der Waals surface area contributed by atoms with Gasteiger partial charge in [0.05, 0.1) is 23.1 Å². The van der Waals surface area contributed by atoms with Crippen LogP contribution in [0.5, 0.6) is 0 Å². The summed E-state index contributed by atoms with van der Waals surface area (Å²) in [7, 11) is -0.879. The third-order valence-corrected chi connectivity index (χ3v) is 8.06. The van der Waals surface area contributed by atoms with E-state index in [4.69, 9.17) is 8.83 Å². The Labute approximate surface area is 238 Å². The van der Waals surface area contributed by atoms with Gasteiger partial charge < -0.3 is 14.2 Å². The molecule has 212 valence electrons. The van der Waals surface area contributed by atoms with Crippen molar-refractivity contribution in [2.45, 2.75) is 0 Å². The lowest BCUT2D eigenvalue weighted by Crippen LogP contribution is -2.25. The van der Waals surface area contributed by atoms with Gasteiger partial charge in [0.25, 0.3) is 5.91 Å². The first-order valence-corrected chi connectivity index (χ1v) is 14.4. The monoisotopic (exact) mass is 588 g/mol. The van der Waals surface area contributed by atoms with Gasteiger partial charge in [0.2, 0.25) is 15.9 Å². The Balaban J connectivity index is 1.60. The molecule has 1 amide bonds. The highest BCUT2D eigenvalue weighted by Crippen LogP contribution is 2.42. The number of rotatable bonds is 6. The lowest BCUT2D eigenvalue weighted by Gasteiger charge is -2.20. The molecular formula is C30H22F2N4O5S. The van der Waals surface area contributed by atoms with E-state index in [-0.39, 0.29) is 39.6 Å². The van der Waals surface area contributed by atoms with Gasteiger partial charge in [-0.25, -0.2) is 22.2 Å². The number of hydrogen-bond donors (Lipinski definition) is 1. The van der Waals surface area contributed by atoms with Crippen molar-refractivity contribution in [3.05, 3.63) is 90.3 Å². The van der Waals surface area contributed by atoms with Crippen molar-refractivity contribution >= 4 is 43.7 Å². The number of oxazole rings is 1. The van der Waals surface area contributed by atoms with Crippen LogP contribution in [0.15, 0.2) is 81.9 Å². The van der Waals surface area contributed by atoms with Crippen LogP contribution in [0.4, 0.5) is 14.5 Å². The zero-order valence-electron chi connectivity index (χ0n) is 22.5. The van der Waals surface area contributed by atoms with E-state index in [2.05, 4.69) is 15.3 Å². The Morgan fingerprint density at radius 1 is 0.929 bits per heavy atom. The standard InChI is InChI=1S/C30H22F2N4O5S/c1-33-29(37)26-21-12-20(17-11-18(15-34-14-17)30-35-27-22(32)5-4-6-24(27)41-30)23(36(2)42(3,38)39)13-25(21)40-28(26)16-7-9-19(31)10-8-16/h4-15H,1-3H3,(H,33,37). The molecule has 0 atom stereocenters. The van der Waals surface area contributed by atoms with Crippen molar-refractivity contribution in [2.24, 2.45) is 0 Å². The molecule has 0 aliphatic heterocycles. The van der Waals surface area contributed by atoms with Gasteiger partial charge in [0, 0.05) is 54.6 Å². The molecule has 0 fully saturated rings. The lowest BCUT2D eigenvalue weighted by molar-refractivity contribution is 0.0964. The molecule has 0 bridgehead atoms. The summed E-state index contributed by atoms with van der Waals surface area (Å²) in [4.78, 5) is 21.7. The molecule has 3 aromatic heterocycles. The number of fused-ring (bicyclic) bond motifs is 2. The minimum atomic E-state index is -3.74. The van der Waals surface area contributed by atoms with E-state index in [1.807, 2.05) is 0 Å². The molecule has 6 aromatic rings. The van der Waals surface area contributed by atoms with Gasteiger partial charge in [-0.2, -0.15) is 0 Å². The number of pyridine rings is 1. The number of furan rings is 1. The van der Waals surface area contributed by atoms with Crippen LogP contribution in [0.1, 0.15) is 10.4 Å². The molecule has 0 saturated carbocycles. The third-order valence-electron chi connectivity index (χ3n) is 6.87. The first-order chi connectivity index (χ1) is 20.0. The predicted molar refractivity (Wildman–Crippen MR) is 154 cm³/mol. The van der Waals surface area contributed by atoms with Gasteiger partial charge in [0.15, 0.2) is 11.4 Å². The van der Waals surface area contributed by atoms with Gasteiger partial charge in [-0.15, -0.1) is 0 Å². The molecule has 0 aliphatic rings. The van der Waals surface area contributed by atoms with Crippen LogP contribution in [-0.4, -0.2) is 44.6 Å². The number of amides is 1. The highest BCUT2D eigenvalue weighted by atomic mass is 32.2. The van der Waals surface area contributed by atoms with Crippen LogP contribution in [0, 0.1) is 11.6 Å². The molecule has 0 unspecified atom stereocenters. The fourth-order valence-electron chi connectivity index (χ4n) is 4.70. The van der Waals surface area contributed by atoms with E-state index in [1.165, 1.54) is 69.0 Å². The normalized spacial score (nSPS) is 11.7. The first-order valence-electron chi connectivity index (χ1n) is 12.6. The third kappa shape index (κ3) is 4.65. The number of para-hydroxylation sites is 1. The van der Waals surface area contributed by atoms with E-state index in [9.17, 15) is 22.0 Å². The van der Waals surface area contributed by atoms with Crippen molar-refractivity contribution in [3.63, 3.8) is 0 Å². The van der Waals surface area contributed by atoms with Crippen molar-refractivity contribution in [3.8, 4) is 33.9 Å². The minimum absolute atomic E-state index is 0.0683. The lowest BCUT2D eigenvalue weighted by atomic mass is 9.98. The van der Waals surface area contributed by atoms with Gasteiger partial charge in [-0.05, 0) is 48.5 Å². The average Bonchev–Trinajstić information content (AvgIpc) is 3.58. The summed E-state index contributed by atoms with van der Waals surface area (Å²) in [5.41, 5.74) is 2.75. The number of nitrogens with one attached hydrogen (secondary N) is 1. The van der Waals surface area contributed by atoms with Gasteiger partial charge in [-0.3, -0.25) is 14.1 Å². The molecule has 6 rings (SSSR count). The number of sulfonamides is 1. The summed E-state index contributed by atoms with van der Waals surface area (Å²) in [6.45, 7) is 0. The topological polar surface area (TPSA) is 119 Å². The number of carbonyl (C=O) groups excluding carboxylic acids is 1. The quantitative estimate of drug-likeness (QED) is 0.253. The van der Waals surface area contributed by atoms with Crippen LogP contribution in [0.3, 0.4) is 0 Å². The Morgan fingerprint density at radius 2 is 1.67 bits per heavy atom. The molecule has 1 N–H and O–H groups in total. The molecule has 0 aliphatic carbocycles. The average molecular weight is 589 g/mol. The summed E-state index contributed by atoms with van der Waals surface area (Å²) >= 11 is 0. The maximum Gasteiger partial charge on any atom is 0.255 e. The van der Waals surface area contributed by atoms with Crippen molar-refractivity contribution in [2.75, 3.05) is 24.7 Å². The Bertz CT molecular complexity index is 2120. The number of nitrogens with zero attached hydrogens (tertiary/aromatic N) is 3. The number of anilines is 1. The number of halogens is 2. The largest absolute Gasteiger partial charge is 0.455 e. The first kappa shape index (κ1) is 27.1. The molecule has 0 saturated heterocycles. The van der Waals surface area contributed by atoms with E-state index in [1.54, 1.807) is 18.2 Å². The molecule has 0 radical (unpaired) electrons.